The Balaban J connectivity index is 1.87. The fourth-order valence-corrected chi connectivity index (χ4v) is 2.19. The van der Waals surface area contributed by atoms with Crippen molar-refractivity contribution < 1.29 is 19.2 Å². The SMILES string of the molecule is CNC(=O)c1ccc(CN(C)C(=O)COc2ccc([N+](=O)[O-])cc2)cc1. The highest BCUT2D eigenvalue weighted by Gasteiger charge is 2.12. The minimum Gasteiger partial charge on any atom is -0.484 e. The van der Waals surface area contributed by atoms with E-state index in [1.165, 1.54) is 29.2 Å². The molecule has 2 amide bonds. The molecule has 0 heterocycles. The first-order chi connectivity index (χ1) is 12.4. The second kappa shape index (κ2) is 8.61. The Labute approximate surface area is 150 Å². The van der Waals surface area contributed by atoms with Crippen molar-refractivity contribution in [1.29, 1.82) is 0 Å². The summed E-state index contributed by atoms with van der Waals surface area (Å²) in [6.45, 7) is 0.196. The second-order valence-corrected chi connectivity index (χ2v) is 5.57. The molecule has 2 rings (SSSR count). The van der Waals surface area contributed by atoms with Crippen LogP contribution in [0.15, 0.2) is 48.5 Å². The molecule has 0 spiro atoms. The van der Waals surface area contributed by atoms with E-state index in [9.17, 15) is 19.7 Å². The smallest absolute Gasteiger partial charge is 0.269 e. The number of amides is 2. The maximum atomic E-state index is 12.1. The van der Waals surface area contributed by atoms with Gasteiger partial charge in [-0.2, -0.15) is 0 Å². The third kappa shape index (κ3) is 5.04. The van der Waals surface area contributed by atoms with Crippen LogP contribution in [0.25, 0.3) is 0 Å². The van der Waals surface area contributed by atoms with Gasteiger partial charge in [0.25, 0.3) is 17.5 Å². The van der Waals surface area contributed by atoms with Gasteiger partial charge in [-0.1, -0.05) is 12.1 Å². The summed E-state index contributed by atoms with van der Waals surface area (Å²) in [5.41, 5.74) is 1.39. The molecule has 0 bridgehead atoms. The van der Waals surface area contributed by atoms with E-state index in [1.807, 2.05) is 0 Å². The van der Waals surface area contributed by atoms with Gasteiger partial charge < -0.3 is 15.0 Å². The van der Waals surface area contributed by atoms with Crippen LogP contribution in [-0.2, 0) is 11.3 Å². The molecule has 0 aliphatic rings. The van der Waals surface area contributed by atoms with Gasteiger partial charge in [0, 0.05) is 38.3 Å². The number of nitro benzene ring substituents is 1. The van der Waals surface area contributed by atoms with Crippen molar-refractivity contribution in [2.24, 2.45) is 0 Å². The minimum absolute atomic E-state index is 0.0407. The van der Waals surface area contributed by atoms with Gasteiger partial charge in [-0.3, -0.25) is 19.7 Å². The number of hydrogen-bond donors (Lipinski definition) is 1. The number of carbonyl (C=O) groups is 2. The van der Waals surface area contributed by atoms with Crippen molar-refractivity contribution in [3.63, 3.8) is 0 Å². The third-order valence-electron chi connectivity index (χ3n) is 3.70. The van der Waals surface area contributed by atoms with E-state index in [1.54, 1.807) is 38.4 Å². The number of likely N-dealkylation sites (N-methyl/N-ethyl adjacent to an activating group) is 1. The molecule has 0 atom stereocenters. The number of non-ortho nitro benzene ring substituents is 1. The predicted octanol–water partition coefficient (Wildman–Crippen LogP) is 1.99. The van der Waals surface area contributed by atoms with E-state index >= 15 is 0 Å². The van der Waals surface area contributed by atoms with Crippen molar-refractivity contribution in [2.45, 2.75) is 6.54 Å². The van der Waals surface area contributed by atoms with E-state index in [0.717, 1.165) is 5.56 Å². The summed E-state index contributed by atoms with van der Waals surface area (Å²) < 4.78 is 5.36. The average molecular weight is 357 g/mol. The Morgan fingerprint density at radius 3 is 2.27 bits per heavy atom. The predicted molar refractivity (Wildman–Crippen MR) is 94.9 cm³/mol. The molecule has 0 radical (unpaired) electrons. The molecule has 0 aliphatic carbocycles. The van der Waals surface area contributed by atoms with Crippen LogP contribution >= 0.6 is 0 Å². The van der Waals surface area contributed by atoms with Crippen molar-refractivity contribution in [1.82, 2.24) is 10.2 Å². The quantitative estimate of drug-likeness (QED) is 0.603. The Kier molecular flexibility index (Phi) is 6.26. The lowest BCUT2D eigenvalue weighted by atomic mass is 10.1. The van der Waals surface area contributed by atoms with Crippen molar-refractivity contribution >= 4 is 17.5 Å². The maximum Gasteiger partial charge on any atom is 0.269 e. The molecule has 0 aromatic heterocycles. The molecule has 0 aliphatic heterocycles. The Morgan fingerprint density at radius 2 is 1.73 bits per heavy atom. The van der Waals surface area contributed by atoms with E-state index in [2.05, 4.69) is 5.32 Å². The number of ether oxygens (including phenoxy) is 1. The molecule has 2 aromatic rings. The molecule has 2 aromatic carbocycles. The molecule has 0 unspecified atom stereocenters. The Hall–Kier alpha value is -3.42. The lowest BCUT2D eigenvalue weighted by Crippen LogP contribution is -2.31. The van der Waals surface area contributed by atoms with Crippen LogP contribution < -0.4 is 10.1 Å². The van der Waals surface area contributed by atoms with Gasteiger partial charge in [0.1, 0.15) is 5.75 Å². The molecule has 0 saturated heterocycles. The highest BCUT2D eigenvalue weighted by atomic mass is 16.6. The lowest BCUT2D eigenvalue weighted by Gasteiger charge is -2.17. The van der Waals surface area contributed by atoms with E-state index in [-0.39, 0.29) is 24.1 Å². The highest BCUT2D eigenvalue weighted by molar-refractivity contribution is 5.93. The zero-order valence-electron chi connectivity index (χ0n) is 14.5. The van der Waals surface area contributed by atoms with Gasteiger partial charge in [-0.05, 0) is 29.8 Å². The van der Waals surface area contributed by atoms with Crippen LogP contribution in [0.1, 0.15) is 15.9 Å². The molecule has 8 heteroatoms. The molecular weight excluding hydrogens is 338 g/mol. The van der Waals surface area contributed by atoms with Gasteiger partial charge in [-0.25, -0.2) is 0 Å². The summed E-state index contributed by atoms with van der Waals surface area (Å²) in [6.07, 6.45) is 0. The van der Waals surface area contributed by atoms with Crippen LogP contribution in [0.4, 0.5) is 5.69 Å². The normalized spacial score (nSPS) is 10.1. The van der Waals surface area contributed by atoms with Crippen LogP contribution in [-0.4, -0.2) is 42.3 Å². The maximum absolute atomic E-state index is 12.1. The molecule has 0 saturated carbocycles. The van der Waals surface area contributed by atoms with Gasteiger partial charge >= 0.3 is 0 Å². The van der Waals surface area contributed by atoms with E-state index in [4.69, 9.17) is 4.74 Å². The topological polar surface area (TPSA) is 102 Å². The summed E-state index contributed by atoms with van der Waals surface area (Å²) in [7, 11) is 3.21. The third-order valence-corrected chi connectivity index (χ3v) is 3.70. The van der Waals surface area contributed by atoms with E-state index < -0.39 is 4.92 Å². The van der Waals surface area contributed by atoms with Gasteiger partial charge in [0.05, 0.1) is 4.92 Å². The lowest BCUT2D eigenvalue weighted by molar-refractivity contribution is -0.384. The number of nitro groups is 1. The van der Waals surface area contributed by atoms with Crippen molar-refractivity contribution in [2.75, 3.05) is 20.7 Å². The first-order valence-corrected chi connectivity index (χ1v) is 7.83. The first kappa shape index (κ1) is 18.9. The van der Waals surface area contributed by atoms with E-state index in [0.29, 0.717) is 17.9 Å². The monoisotopic (exact) mass is 357 g/mol. The number of carbonyl (C=O) groups excluding carboxylic acids is 2. The Morgan fingerprint density at radius 1 is 1.12 bits per heavy atom. The number of hydrogen-bond acceptors (Lipinski definition) is 5. The van der Waals surface area contributed by atoms with Crippen molar-refractivity contribution in [3.8, 4) is 5.75 Å². The highest BCUT2D eigenvalue weighted by Crippen LogP contribution is 2.17. The first-order valence-electron chi connectivity index (χ1n) is 7.83. The Bertz CT molecular complexity index is 787. The zero-order valence-corrected chi connectivity index (χ0v) is 14.5. The van der Waals surface area contributed by atoms with Crippen molar-refractivity contribution in [3.05, 3.63) is 69.8 Å². The average Bonchev–Trinajstić information content (AvgIpc) is 2.66. The fraction of sp³-hybridized carbons (Fsp3) is 0.222. The largest absolute Gasteiger partial charge is 0.484 e. The molecule has 0 fully saturated rings. The number of nitrogens with one attached hydrogen (secondary N) is 1. The second-order valence-electron chi connectivity index (χ2n) is 5.57. The van der Waals surface area contributed by atoms with Crippen LogP contribution in [0.2, 0.25) is 0 Å². The van der Waals surface area contributed by atoms with Gasteiger partial charge in [0.2, 0.25) is 0 Å². The molecule has 8 nitrogen and oxygen atoms in total. The van der Waals surface area contributed by atoms with Crippen LogP contribution in [0, 0.1) is 10.1 Å². The number of rotatable bonds is 7. The standard InChI is InChI=1S/C18H19N3O5/c1-19-18(23)14-5-3-13(4-6-14)11-20(2)17(22)12-26-16-9-7-15(8-10-16)21(24)25/h3-10H,11-12H2,1-2H3,(H,19,23). The fourth-order valence-electron chi connectivity index (χ4n) is 2.19. The van der Waals surface area contributed by atoms with Crippen LogP contribution in [0.5, 0.6) is 5.75 Å². The number of nitrogens with zero attached hydrogens (tertiary/aromatic N) is 2. The summed E-state index contributed by atoms with van der Waals surface area (Å²) >= 11 is 0. The van der Waals surface area contributed by atoms with Gasteiger partial charge in [-0.15, -0.1) is 0 Å². The number of benzene rings is 2. The molecule has 26 heavy (non-hydrogen) atoms. The van der Waals surface area contributed by atoms with Crippen LogP contribution in [0.3, 0.4) is 0 Å². The summed E-state index contributed by atoms with van der Waals surface area (Å²) in [4.78, 5) is 35.2. The zero-order chi connectivity index (χ0) is 19.1. The molecular formula is C18H19N3O5. The van der Waals surface area contributed by atoms with Gasteiger partial charge in [0.15, 0.2) is 6.61 Å². The molecule has 1 N–H and O–H groups in total. The molecule has 136 valence electrons. The summed E-state index contributed by atoms with van der Waals surface area (Å²) in [6, 6.07) is 12.5. The summed E-state index contributed by atoms with van der Waals surface area (Å²) in [5, 5.41) is 13.1. The minimum atomic E-state index is -0.502. The summed E-state index contributed by atoms with van der Waals surface area (Å²) in [5.74, 6) is -0.0245.